The largest absolute Gasteiger partial charge is 0.482 e. The van der Waals surface area contributed by atoms with E-state index in [-0.39, 0.29) is 17.9 Å². The van der Waals surface area contributed by atoms with Crippen LogP contribution in [-0.2, 0) is 24.5 Å². The molecule has 0 aromatic heterocycles. The molecule has 0 aliphatic heterocycles. The van der Waals surface area contributed by atoms with Crippen LogP contribution in [0.3, 0.4) is 0 Å². The van der Waals surface area contributed by atoms with E-state index in [1.54, 1.807) is 36.4 Å². The van der Waals surface area contributed by atoms with E-state index in [9.17, 15) is 14.4 Å². The molecular formula is C22H26N2O5. The predicted octanol–water partition coefficient (Wildman–Crippen LogP) is 3.50. The van der Waals surface area contributed by atoms with Crippen LogP contribution in [0.25, 0.3) is 0 Å². The molecule has 0 unspecified atom stereocenters. The van der Waals surface area contributed by atoms with Gasteiger partial charge in [0.1, 0.15) is 5.75 Å². The van der Waals surface area contributed by atoms with Crippen LogP contribution in [0.5, 0.6) is 5.75 Å². The summed E-state index contributed by atoms with van der Waals surface area (Å²) in [6.07, 6.45) is 0. The zero-order valence-electron chi connectivity index (χ0n) is 17.1. The molecule has 2 rings (SSSR count). The third-order valence-electron chi connectivity index (χ3n) is 3.91. The Kier molecular flexibility index (Phi) is 7.36. The third kappa shape index (κ3) is 7.65. The fourth-order valence-electron chi connectivity index (χ4n) is 2.46. The topological polar surface area (TPSA) is 93.7 Å². The number of nitrogens with one attached hydrogen (secondary N) is 2. The Labute approximate surface area is 170 Å². The lowest BCUT2D eigenvalue weighted by molar-refractivity contribution is -0.149. The molecule has 0 radical (unpaired) electrons. The van der Waals surface area contributed by atoms with Crippen LogP contribution in [0, 0.1) is 0 Å². The van der Waals surface area contributed by atoms with Crippen LogP contribution >= 0.6 is 0 Å². The van der Waals surface area contributed by atoms with Gasteiger partial charge in [0.05, 0.1) is 0 Å². The Morgan fingerprint density at radius 3 is 2.10 bits per heavy atom. The van der Waals surface area contributed by atoms with Gasteiger partial charge in [-0.2, -0.15) is 0 Å². The van der Waals surface area contributed by atoms with Crippen molar-refractivity contribution in [2.24, 2.45) is 0 Å². The lowest BCUT2D eigenvalue weighted by Crippen LogP contribution is -2.23. The van der Waals surface area contributed by atoms with Crippen molar-refractivity contribution in [1.29, 1.82) is 0 Å². The summed E-state index contributed by atoms with van der Waals surface area (Å²) >= 11 is 0. The van der Waals surface area contributed by atoms with E-state index in [1.807, 2.05) is 12.1 Å². The molecule has 29 heavy (non-hydrogen) atoms. The Morgan fingerprint density at radius 2 is 1.52 bits per heavy atom. The number of hydrogen-bond acceptors (Lipinski definition) is 5. The maximum atomic E-state index is 11.9. The first-order valence-electron chi connectivity index (χ1n) is 9.20. The molecule has 7 nitrogen and oxygen atoms in total. The summed E-state index contributed by atoms with van der Waals surface area (Å²) in [4.78, 5) is 34.8. The van der Waals surface area contributed by atoms with Gasteiger partial charge >= 0.3 is 5.97 Å². The van der Waals surface area contributed by atoms with Crippen molar-refractivity contribution in [1.82, 2.24) is 0 Å². The first kappa shape index (κ1) is 21.9. The molecule has 2 amide bonds. The molecule has 2 aromatic carbocycles. The monoisotopic (exact) mass is 398 g/mol. The maximum absolute atomic E-state index is 11.9. The third-order valence-corrected chi connectivity index (χ3v) is 3.91. The number of esters is 1. The van der Waals surface area contributed by atoms with E-state index >= 15 is 0 Å². The average molecular weight is 398 g/mol. The van der Waals surface area contributed by atoms with Crippen LogP contribution in [0.1, 0.15) is 33.3 Å². The number of benzene rings is 2. The van der Waals surface area contributed by atoms with Gasteiger partial charge in [0.15, 0.2) is 13.2 Å². The quantitative estimate of drug-likeness (QED) is 0.696. The highest BCUT2D eigenvalue weighted by molar-refractivity contribution is 5.94. The lowest BCUT2D eigenvalue weighted by atomic mass is 9.87. The van der Waals surface area contributed by atoms with Crippen molar-refractivity contribution in [3.8, 4) is 5.75 Å². The highest BCUT2D eigenvalue weighted by Crippen LogP contribution is 2.24. The summed E-state index contributed by atoms with van der Waals surface area (Å²) in [7, 11) is 0. The lowest BCUT2D eigenvalue weighted by Gasteiger charge is -2.19. The van der Waals surface area contributed by atoms with Gasteiger partial charge in [-0.05, 0) is 41.3 Å². The molecule has 0 saturated heterocycles. The SMILES string of the molecule is CC(=O)Nc1cccc(NC(=O)COC(=O)COc2ccc(C(C)(C)C)cc2)c1. The van der Waals surface area contributed by atoms with Crippen molar-refractivity contribution in [3.63, 3.8) is 0 Å². The zero-order chi connectivity index (χ0) is 21.4. The van der Waals surface area contributed by atoms with Crippen molar-refractivity contribution in [2.75, 3.05) is 23.8 Å². The summed E-state index contributed by atoms with van der Waals surface area (Å²) < 4.78 is 10.3. The Bertz CT molecular complexity index is 870. The van der Waals surface area contributed by atoms with E-state index in [1.165, 1.54) is 6.92 Å². The van der Waals surface area contributed by atoms with Gasteiger partial charge in [-0.15, -0.1) is 0 Å². The minimum atomic E-state index is -0.646. The second-order valence-electron chi connectivity index (χ2n) is 7.53. The molecule has 0 aliphatic rings. The molecule has 0 fully saturated rings. The molecule has 7 heteroatoms. The van der Waals surface area contributed by atoms with E-state index in [2.05, 4.69) is 31.4 Å². The average Bonchev–Trinajstić information content (AvgIpc) is 2.64. The summed E-state index contributed by atoms with van der Waals surface area (Å²) in [5.41, 5.74) is 2.23. The molecule has 0 aliphatic carbocycles. The Morgan fingerprint density at radius 1 is 0.897 bits per heavy atom. The molecule has 0 saturated carbocycles. The van der Waals surface area contributed by atoms with Gasteiger partial charge in [-0.3, -0.25) is 9.59 Å². The summed E-state index contributed by atoms with van der Waals surface area (Å²) in [5, 5.41) is 5.22. The second-order valence-corrected chi connectivity index (χ2v) is 7.53. The van der Waals surface area contributed by atoms with Gasteiger partial charge in [0, 0.05) is 18.3 Å². The Hall–Kier alpha value is -3.35. The number of amides is 2. The summed E-state index contributed by atoms with van der Waals surface area (Å²) in [5.74, 6) is -0.801. The normalized spacial score (nSPS) is 10.8. The van der Waals surface area contributed by atoms with Gasteiger partial charge in [0.2, 0.25) is 5.91 Å². The molecule has 0 atom stereocenters. The molecule has 154 valence electrons. The second kappa shape index (κ2) is 9.73. The minimum absolute atomic E-state index is 0.0342. The van der Waals surface area contributed by atoms with Crippen molar-refractivity contribution < 1.29 is 23.9 Å². The van der Waals surface area contributed by atoms with E-state index < -0.39 is 18.5 Å². The van der Waals surface area contributed by atoms with Gasteiger partial charge in [-0.25, -0.2) is 4.79 Å². The highest BCUT2D eigenvalue weighted by Gasteiger charge is 2.14. The number of anilines is 2. The number of rotatable bonds is 7. The molecule has 0 bridgehead atoms. The fraction of sp³-hybridized carbons (Fsp3) is 0.318. The van der Waals surface area contributed by atoms with Crippen LogP contribution in [0.15, 0.2) is 48.5 Å². The summed E-state index contributed by atoms with van der Waals surface area (Å²) in [6.45, 7) is 7.01. The van der Waals surface area contributed by atoms with Crippen molar-refractivity contribution in [2.45, 2.75) is 33.1 Å². The molecule has 2 N–H and O–H groups in total. The first-order valence-corrected chi connectivity index (χ1v) is 9.20. The molecular weight excluding hydrogens is 372 g/mol. The molecule has 2 aromatic rings. The van der Waals surface area contributed by atoms with Crippen molar-refractivity contribution >= 4 is 29.2 Å². The fourth-order valence-corrected chi connectivity index (χ4v) is 2.46. The number of ether oxygens (including phenoxy) is 2. The standard InChI is InChI=1S/C22H26N2O5/c1-15(25)23-17-6-5-7-18(12-17)24-20(26)13-29-21(27)14-28-19-10-8-16(9-11-19)22(2,3)4/h5-12H,13-14H2,1-4H3,(H,23,25)(H,24,26). The van der Waals surface area contributed by atoms with E-state index in [4.69, 9.17) is 9.47 Å². The van der Waals surface area contributed by atoms with Gasteiger partial charge in [-0.1, -0.05) is 39.0 Å². The molecule has 0 spiro atoms. The van der Waals surface area contributed by atoms with Crippen LogP contribution in [0.4, 0.5) is 11.4 Å². The van der Waals surface area contributed by atoms with Gasteiger partial charge in [0.25, 0.3) is 5.91 Å². The van der Waals surface area contributed by atoms with Crippen LogP contribution in [-0.4, -0.2) is 31.0 Å². The molecule has 0 heterocycles. The highest BCUT2D eigenvalue weighted by atomic mass is 16.6. The zero-order valence-corrected chi connectivity index (χ0v) is 17.1. The number of carbonyl (C=O) groups excluding carboxylic acids is 3. The first-order chi connectivity index (χ1) is 13.6. The van der Waals surface area contributed by atoms with Gasteiger partial charge < -0.3 is 20.1 Å². The van der Waals surface area contributed by atoms with Crippen LogP contribution in [0.2, 0.25) is 0 Å². The maximum Gasteiger partial charge on any atom is 0.344 e. The predicted molar refractivity (Wildman–Crippen MR) is 111 cm³/mol. The number of carbonyl (C=O) groups is 3. The Balaban J connectivity index is 1.76. The summed E-state index contributed by atoms with van der Waals surface area (Å²) in [6, 6.07) is 14.1. The van der Waals surface area contributed by atoms with E-state index in [0.717, 1.165) is 5.56 Å². The number of hydrogen-bond donors (Lipinski definition) is 2. The minimum Gasteiger partial charge on any atom is -0.482 e. The van der Waals surface area contributed by atoms with E-state index in [0.29, 0.717) is 17.1 Å². The van der Waals surface area contributed by atoms with Crippen LogP contribution < -0.4 is 15.4 Å². The smallest absolute Gasteiger partial charge is 0.344 e. The van der Waals surface area contributed by atoms with Crippen molar-refractivity contribution in [3.05, 3.63) is 54.1 Å².